The lowest BCUT2D eigenvalue weighted by molar-refractivity contribution is 0.0910. The Bertz CT molecular complexity index is 481. The number of amides is 1. The van der Waals surface area contributed by atoms with E-state index in [0.29, 0.717) is 12.0 Å². The van der Waals surface area contributed by atoms with Crippen LogP contribution in [0.3, 0.4) is 0 Å². The Labute approximate surface area is 127 Å². The van der Waals surface area contributed by atoms with Crippen LogP contribution in [-0.4, -0.2) is 11.9 Å². The first-order valence-corrected chi connectivity index (χ1v) is 8.03. The van der Waals surface area contributed by atoms with Crippen LogP contribution >= 0.6 is 0 Å². The summed E-state index contributed by atoms with van der Waals surface area (Å²) in [6.07, 6.45) is 7.42. The molecule has 4 heteroatoms. The average Bonchev–Trinajstić information content (AvgIpc) is 2.53. The molecule has 1 aromatic rings. The van der Waals surface area contributed by atoms with E-state index in [1.165, 1.54) is 32.1 Å². The Morgan fingerprint density at radius 2 is 2.05 bits per heavy atom. The maximum absolute atomic E-state index is 12.5. The van der Waals surface area contributed by atoms with E-state index in [2.05, 4.69) is 17.7 Å². The highest BCUT2D eigenvalue weighted by molar-refractivity contribution is 5.96. The van der Waals surface area contributed by atoms with Crippen molar-refractivity contribution in [1.29, 1.82) is 0 Å². The molecule has 116 valence electrons. The highest BCUT2D eigenvalue weighted by atomic mass is 16.1. The number of carbonyl (C=O) groups excluding carboxylic acids is 1. The summed E-state index contributed by atoms with van der Waals surface area (Å²) in [5, 5.41) is 3.24. The predicted molar refractivity (Wildman–Crippen MR) is 87.1 cm³/mol. The molecule has 1 saturated carbocycles. The van der Waals surface area contributed by atoms with Crippen LogP contribution in [0.2, 0.25) is 0 Å². The summed E-state index contributed by atoms with van der Waals surface area (Å²) in [5.41, 5.74) is 5.11. The van der Waals surface area contributed by atoms with Gasteiger partial charge >= 0.3 is 0 Å². The molecule has 0 aromatic heterocycles. The van der Waals surface area contributed by atoms with Gasteiger partial charge in [-0.2, -0.15) is 0 Å². The van der Waals surface area contributed by atoms with Crippen LogP contribution in [0.25, 0.3) is 0 Å². The molecule has 1 unspecified atom stereocenters. The summed E-state index contributed by atoms with van der Waals surface area (Å²) in [6.45, 7) is 4.10. The third-order valence-corrected chi connectivity index (χ3v) is 4.61. The Morgan fingerprint density at radius 3 is 2.62 bits per heavy atom. The number of hydrogen-bond acceptors (Lipinski definition) is 3. The van der Waals surface area contributed by atoms with Crippen LogP contribution in [0.5, 0.6) is 0 Å². The van der Waals surface area contributed by atoms with Gasteiger partial charge in [-0.25, -0.2) is 0 Å². The van der Waals surface area contributed by atoms with E-state index in [0.717, 1.165) is 23.2 Å². The molecule has 0 aliphatic heterocycles. The maximum atomic E-state index is 12.5. The number of hydrazine groups is 1. The Morgan fingerprint density at radius 1 is 1.33 bits per heavy atom. The largest absolute Gasteiger partial charge is 0.349 e. The number of benzene rings is 1. The number of rotatable bonds is 5. The van der Waals surface area contributed by atoms with Crippen molar-refractivity contribution in [3.05, 3.63) is 29.3 Å². The molecule has 0 heterocycles. The fourth-order valence-electron chi connectivity index (χ4n) is 3.34. The van der Waals surface area contributed by atoms with Crippen LogP contribution in [0.1, 0.15) is 61.4 Å². The van der Waals surface area contributed by atoms with Crippen molar-refractivity contribution in [2.75, 3.05) is 5.43 Å². The van der Waals surface area contributed by atoms with E-state index < -0.39 is 0 Å². The van der Waals surface area contributed by atoms with Gasteiger partial charge in [-0.3, -0.25) is 10.6 Å². The molecule has 1 aromatic carbocycles. The van der Waals surface area contributed by atoms with Gasteiger partial charge in [-0.15, -0.1) is 0 Å². The molecule has 0 bridgehead atoms. The minimum atomic E-state index is 0.0356. The second-order valence-corrected chi connectivity index (χ2v) is 6.06. The lowest BCUT2D eigenvalue weighted by Crippen LogP contribution is -2.40. The maximum Gasteiger partial charge on any atom is 0.251 e. The summed E-state index contributed by atoms with van der Waals surface area (Å²) in [4.78, 5) is 12.5. The van der Waals surface area contributed by atoms with E-state index in [1.54, 1.807) is 0 Å². The molecule has 0 spiro atoms. The zero-order chi connectivity index (χ0) is 15.2. The van der Waals surface area contributed by atoms with E-state index >= 15 is 0 Å². The molecule has 0 radical (unpaired) electrons. The van der Waals surface area contributed by atoms with Crippen molar-refractivity contribution < 1.29 is 4.79 Å². The van der Waals surface area contributed by atoms with E-state index in [-0.39, 0.29) is 5.91 Å². The SMILES string of the molecule is CCC(NC(=O)c1ccc(NN)cc1C)C1CCCCC1. The Kier molecular flexibility index (Phi) is 5.62. The van der Waals surface area contributed by atoms with E-state index in [1.807, 2.05) is 25.1 Å². The molecular weight excluding hydrogens is 262 g/mol. The normalized spacial score (nSPS) is 17.3. The zero-order valence-corrected chi connectivity index (χ0v) is 13.1. The number of aryl methyl sites for hydroxylation is 1. The second-order valence-electron chi connectivity index (χ2n) is 6.06. The fraction of sp³-hybridized carbons (Fsp3) is 0.588. The van der Waals surface area contributed by atoms with Crippen LogP contribution in [-0.2, 0) is 0 Å². The van der Waals surface area contributed by atoms with Crippen molar-refractivity contribution >= 4 is 11.6 Å². The quantitative estimate of drug-likeness (QED) is 0.575. The van der Waals surface area contributed by atoms with Gasteiger partial charge in [0.15, 0.2) is 0 Å². The summed E-state index contributed by atoms with van der Waals surface area (Å²) >= 11 is 0. The lowest BCUT2D eigenvalue weighted by Gasteiger charge is -2.30. The lowest BCUT2D eigenvalue weighted by atomic mass is 9.83. The minimum absolute atomic E-state index is 0.0356. The van der Waals surface area contributed by atoms with Crippen molar-refractivity contribution in [3.8, 4) is 0 Å². The Balaban J connectivity index is 2.05. The van der Waals surface area contributed by atoms with Gasteiger partial charge in [0.2, 0.25) is 0 Å². The molecule has 21 heavy (non-hydrogen) atoms. The first kappa shape index (κ1) is 15.8. The summed E-state index contributed by atoms with van der Waals surface area (Å²) in [7, 11) is 0. The van der Waals surface area contributed by atoms with Gasteiger partial charge in [0.05, 0.1) is 0 Å². The summed E-state index contributed by atoms with van der Waals surface area (Å²) in [5.74, 6) is 6.07. The molecule has 1 amide bonds. The first-order chi connectivity index (χ1) is 10.2. The number of nitrogen functional groups attached to an aromatic ring is 1. The topological polar surface area (TPSA) is 67.2 Å². The molecule has 2 rings (SSSR count). The van der Waals surface area contributed by atoms with Gasteiger partial charge < -0.3 is 10.7 Å². The van der Waals surface area contributed by atoms with Crippen LogP contribution in [0.15, 0.2) is 18.2 Å². The van der Waals surface area contributed by atoms with Crippen LogP contribution in [0.4, 0.5) is 5.69 Å². The van der Waals surface area contributed by atoms with Crippen molar-refractivity contribution in [3.63, 3.8) is 0 Å². The molecule has 4 N–H and O–H groups in total. The van der Waals surface area contributed by atoms with Gasteiger partial charge in [0, 0.05) is 17.3 Å². The average molecular weight is 289 g/mol. The molecule has 1 aliphatic carbocycles. The zero-order valence-electron chi connectivity index (χ0n) is 13.1. The third kappa shape index (κ3) is 3.97. The number of nitrogens with two attached hydrogens (primary N) is 1. The minimum Gasteiger partial charge on any atom is -0.349 e. The number of hydrogen-bond donors (Lipinski definition) is 3. The monoisotopic (exact) mass is 289 g/mol. The first-order valence-electron chi connectivity index (χ1n) is 8.03. The highest BCUT2D eigenvalue weighted by Crippen LogP contribution is 2.28. The Hall–Kier alpha value is -1.55. The smallest absolute Gasteiger partial charge is 0.251 e. The van der Waals surface area contributed by atoms with Crippen LogP contribution < -0.4 is 16.6 Å². The van der Waals surface area contributed by atoms with Crippen LogP contribution in [0, 0.1) is 12.8 Å². The van der Waals surface area contributed by atoms with Gasteiger partial charge in [0.25, 0.3) is 5.91 Å². The fourth-order valence-corrected chi connectivity index (χ4v) is 3.34. The summed E-state index contributed by atoms with van der Waals surface area (Å²) in [6, 6.07) is 5.87. The molecular formula is C17H27N3O. The molecule has 1 fully saturated rings. The van der Waals surface area contributed by atoms with Gasteiger partial charge in [0.1, 0.15) is 0 Å². The summed E-state index contributed by atoms with van der Waals surface area (Å²) < 4.78 is 0. The van der Waals surface area contributed by atoms with Crippen molar-refractivity contribution in [2.45, 2.75) is 58.4 Å². The standard InChI is InChI=1S/C17H27N3O/c1-3-16(13-7-5-4-6-8-13)19-17(21)15-10-9-14(20-18)11-12(15)2/h9-11,13,16,20H,3-8,18H2,1-2H3,(H,19,21). The number of nitrogens with one attached hydrogen (secondary N) is 2. The number of anilines is 1. The second kappa shape index (κ2) is 7.46. The predicted octanol–water partition coefficient (Wildman–Crippen LogP) is 3.37. The third-order valence-electron chi connectivity index (χ3n) is 4.61. The highest BCUT2D eigenvalue weighted by Gasteiger charge is 2.24. The number of carbonyl (C=O) groups is 1. The molecule has 1 atom stereocenters. The van der Waals surface area contributed by atoms with Crippen molar-refractivity contribution in [2.24, 2.45) is 11.8 Å². The van der Waals surface area contributed by atoms with Gasteiger partial charge in [-0.1, -0.05) is 26.2 Å². The molecule has 0 saturated heterocycles. The molecule has 1 aliphatic rings. The van der Waals surface area contributed by atoms with Crippen molar-refractivity contribution in [1.82, 2.24) is 5.32 Å². The van der Waals surface area contributed by atoms with Gasteiger partial charge in [-0.05, 0) is 55.9 Å². The van der Waals surface area contributed by atoms with E-state index in [4.69, 9.17) is 5.84 Å². The van der Waals surface area contributed by atoms with E-state index in [9.17, 15) is 4.79 Å². The molecule has 4 nitrogen and oxygen atoms in total.